The number of nitriles is 1. The maximum atomic E-state index is 12.5. The summed E-state index contributed by atoms with van der Waals surface area (Å²) in [7, 11) is 1.25. The van der Waals surface area contributed by atoms with Crippen LogP contribution in [0.2, 0.25) is 0 Å². The number of carbonyl (C=O) groups excluding carboxylic acids is 2. The van der Waals surface area contributed by atoms with Crippen molar-refractivity contribution < 1.29 is 14.3 Å². The molecule has 0 spiro atoms. The van der Waals surface area contributed by atoms with Gasteiger partial charge in [-0.2, -0.15) is 5.26 Å². The van der Waals surface area contributed by atoms with E-state index in [9.17, 15) is 19.6 Å². The Balaban J connectivity index is 1.77. The molecule has 1 amide bonds. The second-order valence-electron chi connectivity index (χ2n) is 6.30. The van der Waals surface area contributed by atoms with E-state index in [1.807, 2.05) is 12.1 Å². The lowest BCUT2D eigenvalue weighted by Crippen LogP contribution is -2.35. The molecular weight excluding hydrogens is 416 g/mol. The van der Waals surface area contributed by atoms with Gasteiger partial charge < -0.3 is 15.0 Å². The van der Waals surface area contributed by atoms with Gasteiger partial charge in [0.2, 0.25) is 5.91 Å². The molecule has 31 heavy (non-hydrogen) atoms. The monoisotopic (exact) mass is 434 g/mol. The van der Waals surface area contributed by atoms with Gasteiger partial charge >= 0.3 is 5.97 Å². The van der Waals surface area contributed by atoms with E-state index in [1.54, 1.807) is 54.6 Å². The van der Waals surface area contributed by atoms with Crippen LogP contribution in [0.5, 0.6) is 0 Å². The van der Waals surface area contributed by atoms with Crippen molar-refractivity contribution in [1.29, 1.82) is 5.26 Å². The zero-order valence-corrected chi connectivity index (χ0v) is 17.3. The highest BCUT2D eigenvalue weighted by Gasteiger charge is 2.23. The third-order valence-corrected chi connectivity index (χ3v) is 5.15. The van der Waals surface area contributed by atoms with Crippen LogP contribution in [0.15, 0.2) is 70.6 Å². The Morgan fingerprint density at radius 1 is 1.16 bits per heavy atom. The summed E-state index contributed by atoms with van der Waals surface area (Å²) in [6.45, 7) is 0. The Hall–Kier alpha value is -3.90. The molecule has 3 aromatic rings. The van der Waals surface area contributed by atoms with Crippen LogP contribution in [0.3, 0.4) is 0 Å². The molecule has 8 nitrogen and oxygen atoms in total. The smallest absolute Gasteiger partial charge is 0.333 e. The minimum absolute atomic E-state index is 0.102. The first-order chi connectivity index (χ1) is 15.0. The molecule has 2 aromatic carbocycles. The molecule has 1 aromatic heterocycles. The van der Waals surface area contributed by atoms with Gasteiger partial charge in [-0.3, -0.25) is 9.59 Å². The summed E-state index contributed by atoms with van der Waals surface area (Å²) in [4.78, 5) is 43.7. The number of carbonyl (C=O) groups is 2. The van der Waals surface area contributed by atoms with Crippen LogP contribution in [0, 0.1) is 11.3 Å². The van der Waals surface area contributed by atoms with Crippen molar-refractivity contribution in [3.63, 3.8) is 0 Å². The quantitative estimate of drug-likeness (QED) is 0.332. The second-order valence-corrected chi connectivity index (χ2v) is 7.26. The molecule has 1 heterocycles. The fourth-order valence-electron chi connectivity index (χ4n) is 2.81. The van der Waals surface area contributed by atoms with Gasteiger partial charge in [-0.25, -0.2) is 9.78 Å². The van der Waals surface area contributed by atoms with E-state index in [-0.39, 0.29) is 22.2 Å². The summed E-state index contributed by atoms with van der Waals surface area (Å²) in [5, 5.41) is 12.1. The highest BCUT2D eigenvalue weighted by Crippen LogP contribution is 2.22. The second kappa shape index (κ2) is 10.2. The van der Waals surface area contributed by atoms with Crippen molar-refractivity contribution in [1.82, 2.24) is 15.3 Å². The minimum Gasteiger partial charge on any atom is -0.467 e. The molecule has 1 atom stereocenters. The van der Waals surface area contributed by atoms with Crippen molar-refractivity contribution in [2.24, 2.45) is 0 Å². The molecule has 2 N–H and O–H groups in total. The molecule has 156 valence electrons. The van der Waals surface area contributed by atoms with Crippen LogP contribution in [0.1, 0.15) is 17.2 Å². The van der Waals surface area contributed by atoms with Crippen LogP contribution in [-0.4, -0.2) is 34.7 Å². The fraction of sp³-hybridized carbons (Fsp3) is 0.136. The molecule has 0 saturated heterocycles. The average molecular weight is 434 g/mol. The zero-order chi connectivity index (χ0) is 22.2. The fourth-order valence-corrected chi connectivity index (χ4v) is 3.48. The van der Waals surface area contributed by atoms with E-state index in [1.165, 1.54) is 7.11 Å². The number of amides is 1. The summed E-state index contributed by atoms with van der Waals surface area (Å²) in [5.41, 5.74) is 0.757. The Labute approximate surface area is 182 Å². The number of hydrogen-bond donors (Lipinski definition) is 2. The summed E-state index contributed by atoms with van der Waals surface area (Å²) in [5.74, 6) is -1.15. The average Bonchev–Trinajstić information content (AvgIpc) is 2.81. The number of thioether (sulfide) groups is 1. The van der Waals surface area contributed by atoms with Crippen LogP contribution >= 0.6 is 11.8 Å². The summed E-state index contributed by atoms with van der Waals surface area (Å²) in [6, 6.07) is 18.5. The van der Waals surface area contributed by atoms with Crippen molar-refractivity contribution in [2.45, 2.75) is 11.2 Å². The van der Waals surface area contributed by atoms with E-state index in [0.29, 0.717) is 11.1 Å². The number of nitrogens with zero attached hydrogens (tertiary/aromatic N) is 2. The standard InChI is InChI=1S/C22H18N4O4S/c1-30-21(29)19(15-10-6-3-7-11-15)24-17(27)13-31-22-25-18(14-8-4-2-5-9-14)16(12-23)20(28)26-22/h2-11,19H,13H2,1H3,(H,24,27)(H,25,26,28)/t19-/m1/s1. The Bertz CT molecular complexity index is 1170. The van der Waals surface area contributed by atoms with Gasteiger partial charge in [0.15, 0.2) is 11.2 Å². The Morgan fingerprint density at radius 3 is 2.42 bits per heavy atom. The topological polar surface area (TPSA) is 125 Å². The van der Waals surface area contributed by atoms with Crippen molar-refractivity contribution >= 4 is 23.6 Å². The van der Waals surface area contributed by atoms with Crippen LogP contribution in [0.25, 0.3) is 11.3 Å². The van der Waals surface area contributed by atoms with Gasteiger partial charge in [-0.15, -0.1) is 0 Å². The van der Waals surface area contributed by atoms with Crippen molar-refractivity contribution in [3.8, 4) is 17.3 Å². The number of aromatic nitrogens is 2. The molecule has 0 radical (unpaired) electrons. The molecule has 9 heteroatoms. The first kappa shape index (κ1) is 21.8. The lowest BCUT2D eigenvalue weighted by atomic mass is 10.1. The number of benzene rings is 2. The number of nitrogens with one attached hydrogen (secondary N) is 2. The third kappa shape index (κ3) is 5.38. The third-order valence-electron chi connectivity index (χ3n) is 4.27. The van der Waals surface area contributed by atoms with E-state index in [2.05, 4.69) is 15.3 Å². The number of methoxy groups -OCH3 is 1. The van der Waals surface area contributed by atoms with Gasteiger partial charge in [0.25, 0.3) is 5.56 Å². The molecule has 0 aliphatic carbocycles. The molecule has 0 fully saturated rings. The van der Waals surface area contributed by atoms with E-state index < -0.39 is 23.5 Å². The lowest BCUT2D eigenvalue weighted by Gasteiger charge is -2.16. The number of aromatic amines is 1. The van der Waals surface area contributed by atoms with Crippen molar-refractivity contribution in [3.05, 3.63) is 82.1 Å². The van der Waals surface area contributed by atoms with Gasteiger partial charge in [0.05, 0.1) is 18.6 Å². The van der Waals surface area contributed by atoms with Crippen LogP contribution in [0.4, 0.5) is 0 Å². The summed E-state index contributed by atoms with van der Waals surface area (Å²) in [6.07, 6.45) is 0. The van der Waals surface area contributed by atoms with Crippen LogP contribution < -0.4 is 10.9 Å². The van der Waals surface area contributed by atoms with E-state index in [0.717, 1.165) is 11.8 Å². The Morgan fingerprint density at radius 2 is 1.81 bits per heavy atom. The van der Waals surface area contributed by atoms with Gasteiger partial charge in [-0.05, 0) is 5.56 Å². The number of rotatable bonds is 7. The predicted octanol–water partition coefficient (Wildman–Crippen LogP) is 2.43. The first-order valence-electron chi connectivity index (χ1n) is 9.18. The molecule has 0 bridgehead atoms. The molecular formula is C22H18N4O4S. The van der Waals surface area contributed by atoms with Crippen molar-refractivity contribution in [2.75, 3.05) is 12.9 Å². The summed E-state index contributed by atoms with van der Waals surface area (Å²) >= 11 is 0.987. The van der Waals surface area contributed by atoms with Gasteiger partial charge in [-0.1, -0.05) is 72.4 Å². The van der Waals surface area contributed by atoms with Gasteiger partial charge in [0, 0.05) is 5.56 Å². The lowest BCUT2D eigenvalue weighted by molar-refractivity contribution is -0.145. The zero-order valence-electron chi connectivity index (χ0n) is 16.5. The SMILES string of the molecule is COC(=O)[C@H](NC(=O)CSc1nc(-c2ccccc2)c(C#N)c(=O)[nH]1)c1ccccc1. The molecule has 0 aliphatic heterocycles. The Kier molecular flexibility index (Phi) is 7.19. The molecule has 0 saturated carbocycles. The van der Waals surface area contributed by atoms with Gasteiger partial charge in [0.1, 0.15) is 11.6 Å². The largest absolute Gasteiger partial charge is 0.467 e. The first-order valence-corrected chi connectivity index (χ1v) is 10.2. The maximum Gasteiger partial charge on any atom is 0.333 e. The number of esters is 1. The number of ether oxygens (including phenoxy) is 1. The minimum atomic E-state index is -0.952. The maximum absolute atomic E-state index is 12.5. The van der Waals surface area contributed by atoms with Crippen LogP contribution in [-0.2, 0) is 14.3 Å². The molecule has 0 unspecified atom stereocenters. The highest BCUT2D eigenvalue weighted by molar-refractivity contribution is 7.99. The highest BCUT2D eigenvalue weighted by atomic mass is 32.2. The van der Waals surface area contributed by atoms with E-state index >= 15 is 0 Å². The number of H-pyrrole nitrogens is 1. The molecule has 3 rings (SSSR count). The normalized spacial score (nSPS) is 11.2. The number of hydrogen-bond acceptors (Lipinski definition) is 7. The summed E-state index contributed by atoms with van der Waals surface area (Å²) < 4.78 is 4.79. The predicted molar refractivity (Wildman–Crippen MR) is 115 cm³/mol. The molecule has 0 aliphatic rings. The van der Waals surface area contributed by atoms with E-state index in [4.69, 9.17) is 4.74 Å².